The molecule has 5 nitrogen and oxygen atoms in total. The molecule has 130 valence electrons. The van der Waals surface area contributed by atoms with Crippen molar-refractivity contribution >= 4 is 17.7 Å². The second kappa shape index (κ2) is 13.0. The molecule has 0 saturated heterocycles. The van der Waals surface area contributed by atoms with E-state index in [0.29, 0.717) is 19.0 Å². The van der Waals surface area contributed by atoms with Crippen LogP contribution in [0.1, 0.15) is 38.7 Å². The first-order valence-corrected chi connectivity index (χ1v) is 9.78. The fourth-order valence-corrected chi connectivity index (χ4v) is 2.38. The standard InChI is InChI=1S/C17H30N4OS/c1-4-11-22-16-9-8-15(13-20-16)14-21-17(18-5-2)19-10-6-7-12-23-3/h8-9,13H,4-7,10-12,14H2,1-3H3,(H2,18,19,21). The summed E-state index contributed by atoms with van der Waals surface area (Å²) in [4.78, 5) is 8.90. The molecule has 1 heterocycles. The van der Waals surface area contributed by atoms with Crippen LogP contribution >= 0.6 is 11.8 Å². The number of pyridine rings is 1. The summed E-state index contributed by atoms with van der Waals surface area (Å²) < 4.78 is 5.49. The minimum Gasteiger partial charge on any atom is -0.478 e. The van der Waals surface area contributed by atoms with Gasteiger partial charge in [-0.25, -0.2) is 9.98 Å². The molecule has 0 saturated carbocycles. The van der Waals surface area contributed by atoms with Crippen LogP contribution in [0.15, 0.2) is 23.3 Å². The molecule has 2 N–H and O–H groups in total. The number of nitrogens with one attached hydrogen (secondary N) is 2. The zero-order valence-corrected chi connectivity index (χ0v) is 15.4. The highest BCUT2D eigenvalue weighted by Crippen LogP contribution is 2.08. The first-order valence-electron chi connectivity index (χ1n) is 8.39. The Kier molecular flexibility index (Phi) is 11.1. The molecule has 0 fully saturated rings. The van der Waals surface area contributed by atoms with Crippen molar-refractivity contribution in [2.24, 2.45) is 4.99 Å². The Morgan fingerprint density at radius 2 is 2.13 bits per heavy atom. The van der Waals surface area contributed by atoms with Crippen LogP contribution in [0.5, 0.6) is 5.88 Å². The second-order valence-electron chi connectivity index (χ2n) is 5.17. The van der Waals surface area contributed by atoms with Crippen molar-refractivity contribution in [2.45, 2.75) is 39.7 Å². The smallest absolute Gasteiger partial charge is 0.213 e. The maximum atomic E-state index is 5.49. The topological polar surface area (TPSA) is 58.5 Å². The summed E-state index contributed by atoms with van der Waals surface area (Å²) in [6, 6.07) is 3.92. The molecule has 23 heavy (non-hydrogen) atoms. The van der Waals surface area contributed by atoms with Crippen molar-refractivity contribution in [3.8, 4) is 5.88 Å². The van der Waals surface area contributed by atoms with Gasteiger partial charge < -0.3 is 15.4 Å². The van der Waals surface area contributed by atoms with Gasteiger partial charge in [0, 0.05) is 25.4 Å². The van der Waals surface area contributed by atoms with E-state index in [-0.39, 0.29) is 0 Å². The molecule has 1 rings (SSSR count). The van der Waals surface area contributed by atoms with Crippen molar-refractivity contribution in [3.05, 3.63) is 23.9 Å². The van der Waals surface area contributed by atoms with E-state index in [1.165, 1.54) is 12.2 Å². The van der Waals surface area contributed by atoms with E-state index in [1.807, 2.05) is 30.1 Å². The predicted octanol–water partition coefficient (Wildman–Crippen LogP) is 3.07. The lowest BCUT2D eigenvalue weighted by Crippen LogP contribution is -2.37. The monoisotopic (exact) mass is 338 g/mol. The maximum Gasteiger partial charge on any atom is 0.213 e. The fraction of sp³-hybridized carbons (Fsp3) is 0.647. The van der Waals surface area contributed by atoms with Crippen molar-refractivity contribution in [2.75, 3.05) is 31.7 Å². The number of ether oxygens (including phenoxy) is 1. The Bertz CT molecular complexity index is 437. The third kappa shape index (κ3) is 9.33. The lowest BCUT2D eigenvalue weighted by molar-refractivity contribution is 0.305. The van der Waals surface area contributed by atoms with Gasteiger partial charge in [-0.2, -0.15) is 11.8 Å². The molecule has 0 spiro atoms. The maximum absolute atomic E-state index is 5.49. The number of unbranched alkanes of at least 4 members (excludes halogenated alkanes) is 1. The van der Waals surface area contributed by atoms with Crippen LogP contribution in [0.3, 0.4) is 0 Å². The lowest BCUT2D eigenvalue weighted by Gasteiger charge is -2.11. The Balaban J connectivity index is 2.42. The minimum absolute atomic E-state index is 0.612. The molecule has 0 aliphatic heterocycles. The molecule has 0 radical (unpaired) electrons. The Morgan fingerprint density at radius 1 is 1.26 bits per heavy atom. The van der Waals surface area contributed by atoms with Crippen molar-refractivity contribution in [3.63, 3.8) is 0 Å². The molecule has 0 bridgehead atoms. The molecule has 0 amide bonds. The highest BCUT2D eigenvalue weighted by atomic mass is 32.2. The molecule has 0 aliphatic rings. The SMILES string of the molecule is CCCOc1ccc(CN=C(NCC)NCCCCSC)cn1. The summed E-state index contributed by atoms with van der Waals surface area (Å²) >= 11 is 1.89. The Morgan fingerprint density at radius 3 is 2.78 bits per heavy atom. The molecule has 0 unspecified atom stereocenters. The van der Waals surface area contributed by atoms with E-state index in [2.05, 4.69) is 40.7 Å². The van der Waals surface area contributed by atoms with Crippen LogP contribution in [0, 0.1) is 0 Å². The van der Waals surface area contributed by atoms with E-state index in [1.54, 1.807) is 0 Å². The van der Waals surface area contributed by atoms with E-state index in [0.717, 1.165) is 37.5 Å². The van der Waals surface area contributed by atoms with Gasteiger partial charge in [-0.15, -0.1) is 0 Å². The number of rotatable bonds is 11. The van der Waals surface area contributed by atoms with Crippen molar-refractivity contribution < 1.29 is 4.74 Å². The first-order chi connectivity index (χ1) is 11.3. The number of thioether (sulfide) groups is 1. The molecular weight excluding hydrogens is 308 g/mol. The Hall–Kier alpha value is -1.43. The summed E-state index contributed by atoms with van der Waals surface area (Å²) in [5, 5.41) is 6.65. The van der Waals surface area contributed by atoms with E-state index < -0.39 is 0 Å². The second-order valence-corrected chi connectivity index (χ2v) is 6.16. The lowest BCUT2D eigenvalue weighted by atomic mass is 10.3. The normalized spacial score (nSPS) is 11.3. The number of nitrogens with zero attached hydrogens (tertiary/aromatic N) is 2. The quantitative estimate of drug-likeness (QED) is 0.369. The highest BCUT2D eigenvalue weighted by molar-refractivity contribution is 7.98. The molecule has 0 aromatic carbocycles. The van der Waals surface area contributed by atoms with Gasteiger partial charge in [-0.05, 0) is 43.8 Å². The third-order valence-corrected chi connectivity index (χ3v) is 3.78. The summed E-state index contributed by atoms with van der Waals surface area (Å²) in [6.45, 7) is 7.29. The van der Waals surface area contributed by atoms with Crippen LogP contribution < -0.4 is 15.4 Å². The average Bonchev–Trinajstić information content (AvgIpc) is 2.58. The van der Waals surface area contributed by atoms with E-state index in [9.17, 15) is 0 Å². The van der Waals surface area contributed by atoms with Crippen LogP contribution in [0.4, 0.5) is 0 Å². The molecule has 6 heteroatoms. The van der Waals surface area contributed by atoms with Gasteiger partial charge in [0.1, 0.15) is 0 Å². The third-order valence-electron chi connectivity index (χ3n) is 3.08. The van der Waals surface area contributed by atoms with Crippen LogP contribution in [-0.2, 0) is 6.54 Å². The van der Waals surface area contributed by atoms with Gasteiger partial charge in [0.05, 0.1) is 13.2 Å². The average molecular weight is 339 g/mol. The van der Waals surface area contributed by atoms with Gasteiger partial charge in [0.25, 0.3) is 0 Å². The first kappa shape index (κ1) is 19.6. The van der Waals surface area contributed by atoms with Gasteiger partial charge >= 0.3 is 0 Å². The van der Waals surface area contributed by atoms with Gasteiger partial charge in [0.15, 0.2) is 5.96 Å². The fourth-order valence-electron chi connectivity index (χ4n) is 1.89. The predicted molar refractivity (Wildman–Crippen MR) is 100 cm³/mol. The summed E-state index contributed by atoms with van der Waals surface area (Å²) in [6.07, 6.45) is 7.36. The van der Waals surface area contributed by atoms with E-state index in [4.69, 9.17) is 4.74 Å². The summed E-state index contributed by atoms with van der Waals surface area (Å²) in [5.74, 6) is 2.76. The van der Waals surface area contributed by atoms with Crippen LogP contribution in [-0.4, -0.2) is 42.6 Å². The molecule has 1 aromatic rings. The van der Waals surface area contributed by atoms with Gasteiger partial charge in [0.2, 0.25) is 5.88 Å². The van der Waals surface area contributed by atoms with Crippen molar-refractivity contribution in [1.29, 1.82) is 0 Å². The van der Waals surface area contributed by atoms with Gasteiger partial charge in [-0.3, -0.25) is 0 Å². The summed E-state index contributed by atoms with van der Waals surface area (Å²) in [5.41, 5.74) is 1.08. The molecule has 0 atom stereocenters. The number of aliphatic imine (C=N–C) groups is 1. The zero-order valence-electron chi connectivity index (χ0n) is 14.6. The Labute approximate surface area is 144 Å². The van der Waals surface area contributed by atoms with Crippen molar-refractivity contribution in [1.82, 2.24) is 15.6 Å². The highest BCUT2D eigenvalue weighted by Gasteiger charge is 1.99. The summed E-state index contributed by atoms with van der Waals surface area (Å²) in [7, 11) is 0. The number of hydrogen-bond acceptors (Lipinski definition) is 4. The molecule has 0 aliphatic carbocycles. The molecule has 1 aromatic heterocycles. The number of guanidine groups is 1. The minimum atomic E-state index is 0.612. The van der Waals surface area contributed by atoms with Gasteiger partial charge in [-0.1, -0.05) is 13.0 Å². The van der Waals surface area contributed by atoms with E-state index >= 15 is 0 Å². The molecular formula is C17H30N4OS. The van der Waals surface area contributed by atoms with Crippen LogP contribution in [0.25, 0.3) is 0 Å². The zero-order chi connectivity index (χ0) is 16.8. The number of hydrogen-bond donors (Lipinski definition) is 2. The largest absolute Gasteiger partial charge is 0.478 e. The van der Waals surface area contributed by atoms with Crippen LogP contribution in [0.2, 0.25) is 0 Å². The number of aromatic nitrogens is 1.